The number of ether oxygens (including phenoxy) is 2. The summed E-state index contributed by atoms with van der Waals surface area (Å²) in [6.45, 7) is 21.8. The molecule has 4 N–H and O–H groups in total. The second-order valence-corrected chi connectivity index (χ2v) is 15.9. The van der Waals surface area contributed by atoms with Crippen LogP contribution in [0.3, 0.4) is 0 Å². The van der Waals surface area contributed by atoms with E-state index in [0.717, 1.165) is 59.8 Å². The lowest BCUT2D eigenvalue weighted by Gasteiger charge is -2.27. The van der Waals surface area contributed by atoms with Crippen LogP contribution in [0.2, 0.25) is 0 Å². The summed E-state index contributed by atoms with van der Waals surface area (Å²) in [4.78, 5) is 37.3. The Morgan fingerprint density at radius 1 is 0.863 bits per heavy atom. The van der Waals surface area contributed by atoms with Crippen molar-refractivity contribution in [2.45, 2.75) is 87.6 Å². The first-order chi connectivity index (χ1) is 24.1. The molecule has 2 aromatic rings. The van der Waals surface area contributed by atoms with E-state index in [4.69, 9.17) is 39.6 Å². The van der Waals surface area contributed by atoms with Crippen molar-refractivity contribution < 1.29 is 23.9 Å². The maximum absolute atomic E-state index is 11.4. The molecule has 0 spiro atoms. The Balaban J connectivity index is 0.000000383. The van der Waals surface area contributed by atoms with Gasteiger partial charge in [-0.1, -0.05) is 75.0 Å². The summed E-state index contributed by atoms with van der Waals surface area (Å²) in [7, 11) is 3.18. The Morgan fingerprint density at radius 3 is 1.88 bits per heavy atom. The summed E-state index contributed by atoms with van der Waals surface area (Å²) in [5.41, 5.74) is 10.7. The molecule has 1 aliphatic carbocycles. The number of rotatable bonds is 12. The first-order valence-corrected chi connectivity index (χ1v) is 20.4. The zero-order chi connectivity index (χ0) is 38.6. The van der Waals surface area contributed by atoms with Gasteiger partial charge in [0.2, 0.25) is 5.91 Å². The molecule has 1 unspecified atom stereocenters. The first-order valence-electron chi connectivity index (χ1n) is 17.4. The van der Waals surface area contributed by atoms with Crippen LogP contribution in [0.5, 0.6) is 0 Å². The minimum absolute atomic E-state index is 0.0248. The van der Waals surface area contributed by atoms with Gasteiger partial charge in [-0.15, -0.1) is 0 Å². The zero-order valence-electron chi connectivity index (χ0n) is 31.6. The van der Waals surface area contributed by atoms with Crippen LogP contribution in [-0.4, -0.2) is 82.0 Å². The minimum atomic E-state index is -0.816. The summed E-state index contributed by atoms with van der Waals surface area (Å²) >= 11 is 10.7. The Hall–Kier alpha value is -3.07. The van der Waals surface area contributed by atoms with Gasteiger partial charge in [0.1, 0.15) is 21.9 Å². The number of primary amides is 1. The van der Waals surface area contributed by atoms with Gasteiger partial charge >= 0.3 is 12.2 Å². The lowest BCUT2D eigenvalue weighted by atomic mass is 9.87. The zero-order valence-corrected chi connectivity index (χ0v) is 34.9. The average molecular weight is 780 g/mol. The Morgan fingerprint density at radius 2 is 1.39 bits per heavy atom. The number of thiocarbonyl (C=S) groups is 2. The monoisotopic (exact) mass is 779 g/mol. The van der Waals surface area contributed by atoms with Crippen LogP contribution in [0.15, 0.2) is 42.5 Å². The number of carbonyl (C=O) groups excluding carboxylic acids is 3. The van der Waals surface area contributed by atoms with Crippen molar-refractivity contribution in [3.63, 3.8) is 0 Å². The number of alkyl carbamates (subject to hydrolysis) is 1. The lowest BCUT2D eigenvalue weighted by Crippen LogP contribution is -2.37. The molecular weight excluding hydrogens is 723 g/mol. The van der Waals surface area contributed by atoms with Crippen LogP contribution in [0.1, 0.15) is 86.3 Å². The fourth-order valence-electron chi connectivity index (χ4n) is 5.12. The number of hydrogen-bond acceptors (Lipinski definition) is 9. The van der Waals surface area contributed by atoms with Gasteiger partial charge in [-0.25, -0.2) is 9.59 Å². The molecule has 2 aromatic carbocycles. The predicted octanol–water partition coefficient (Wildman–Crippen LogP) is 8.86. The molecule has 0 aliphatic heterocycles. The molecule has 0 bridgehead atoms. The fourth-order valence-corrected chi connectivity index (χ4v) is 8.18. The fraction of sp³-hybridized carbons (Fsp3) is 0.541. The van der Waals surface area contributed by atoms with Crippen molar-refractivity contribution in [3.8, 4) is 11.1 Å². The Bertz CT molecular complexity index is 1410. The number of hydrogen-bond donors (Lipinski definition) is 3. The normalized spacial score (nSPS) is 12.0. The number of anilines is 1. The molecule has 0 radical (unpaired) electrons. The second-order valence-electron chi connectivity index (χ2n) is 12.5. The number of carbonyl (C=O) groups is 3. The highest BCUT2D eigenvalue weighted by molar-refractivity contribution is 8.89. The van der Waals surface area contributed by atoms with E-state index >= 15 is 0 Å². The molecule has 14 heteroatoms. The van der Waals surface area contributed by atoms with Crippen LogP contribution < -0.4 is 16.4 Å². The lowest BCUT2D eigenvalue weighted by molar-refractivity contribution is -0.114. The summed E-state index contributed by atoms with van der Waals surface area (Å²) in [5.74, 6) is -0.0274. The molecular formula is C37H57N5O5S4. The number of nitrogens with zero attached hydrogens (tertiary/aromatic N) is 2. The maximum atomic E-state index is 11.4. The molecule has 1 aliphatic rings. The number of benzene rings is 2. The molecule has 284 valence electrons. The van der Waals surface area contributed by atoms with Gasteiger partial charge in [0, 0.05) is 50.2 Å². The van der Waals surface area contributed by atoms with Crippen LogP contribution in [-0.2, 0) is 20.7 Å². The molecule has 1 atom stereocenters. The van der Waals surface area contributed by atoms with Crippen molar-refractivity contribution in [1.29, 1.82) is 0 Å². The molecule has 0 saturated heterocycles. The molecule has 10 nitrogen and oxygen atoms in total. The number of amides is 3. The SMILES string of the molecule is CC(=O)Nc1ccc2c(c1)Cc1ccccc1-2.CCCC(C)(COC(N)=O)COC(=O)NC(C)C.CCN(CC)C(=S)SSC(=S)N(CC)CC. The van der Waals surface area contributed by atoms with Gasteiger partial charge in [0.05, 0.1) is 0 Å². The van der Waals surface area contributed by atoms with Crippen molar-refractivity contribution >= 4 is 78.4 Å². The minimum Gasteiger partial charge on any atom is -0.449 e. The Labute approximate surface area is 324 Å². The summed E-state index contributed by atoms with van der Waals surface area (Å²) in [6, 6.07) is 14.6. The van der Waals surface area contributed by atoms with Gasteiger partial charge in [0.15, 0.2) is 0 Å². The molecule has 0 fully saturated rings. The van der Waals surface area contributed by atoms with Crippen LogP contribution in [0.25, 0.3) is 11.1 Å². The van der Waals surface area contributed by atoms with E-state index < -0.39 is 17.6 Å². The van der Waals surface area contributed by atoms with Crippen molar-refractivity contribution in [2.75, 3.05) is 44.7 Å². The molecule has 51 heavy (non-hydrogen) atoms. The summed E-state index contributed by atoms with van der Waals surface area (Å²) in [5, 5.41) is 5.45. The molecule has 0 heterocycles. The van der Waals surface area contributed by atoms with E-state index in [-0.39, 0.29) is 25.2 Å². The first kappa shape index (κ1) is 46.0. The number of nitrogens with two attached hydrogens (primary N) is 1. The Kier molecular flexibility index (Phi) is 21.8. The van der Waals surface area contributed by atoms with Gasteiger partial charge in [0.25, 0.3) is 0 Å². The van der Waals surface area contributed by atoms with E-state index in [9.17, 15) is 14.4 Å². The van der Waals surface area contributed by atoms with Gasteiger partial charge < -0.3 is 35.6 Å². The second kappa shape index (κ2) is 24.2. The standard InChI is InChI=1S/C15H13NO.C12H24N2O4.C10H20N2S4/c1-10(17)16-13-6-7-15-12(9-13)8-11-4-2-3-5-14(11)15;1-5-6-12(4,7-17-10(13)15)8-18-11(16)14-9(2)3;1-5-11(6-2)9(13)15-16-10(14)12(7-3)8-4/h2-7,9H,8H2,1H3,(H,16,17);9H,5-8H2,1-4H3,(H2,13,15)(H,14,16);5-8H2,1-4H3. The van der Waals surface area contributed by atoms with Gasteiger partial charge in [-0.05, 0) is 110 Å². The van der Waals surface area contributed by atoms with Gasteiger partial charge in [-0.3, -0.25) is 4.79 Å². The highest BCUT2D eigenvalue weighted by atomic mass is 33.1. The van der Waals surface area contributed by atoms with Gasteiger partial charge in [-0.2, -0.15) is 0 Å². The van der Waals surface area contributed by atoms with E-state index in [0.29, 0.717) is 0 Å². The van der Waals surface area contributed by atoms with Crippen LogP contribution in [0, 0.1) is 5.41 Å². The highest BCUT2D eigenvalue weighted by Gasteiger charge is 2.27. The van der Waals surface area contributed by atoms with Crippen molar-refractivity contribution in [3.05, 3.63) is 53.6 Å². The third kappa shape index (κ3) is 17.3. The molecule has 0 aromatic heterocycles. The van der Waals surface area contributed by atoms with Crippen LogP contribution >= 0.6 is 46.0 Å². The third-order valence-electron chi connectivity index (χ3n) is 7.72. The van der Waals surface area contributed by atoms with E-state index in [2.05, 4.69) is 84.5 Å². The molecule has 3 amide bonds. The maximum Gasteiger partial charge on any atom is 0.407 e. The quantitative estimate of drug-likeness (QED) is 0.121. The average Bonchev–Trinajstić information content (AvgIpc) is 3.45. The van der Waals surface area contributed by atoms with Crippen molar-refractivity contribution in [2.24, 2.45) is 11.1 Å². The molecule has 3 rings (SSSR count). The topological polar surface area (TPSA) is 126 Å². The highest BCUT2D eigenvalue weighted by Crippen LogP contribution is 2.37. The predicted molar refractivity (Wildman–Crippen MR) is 223 cm³/mol. The third-order valence-corrected chi connectivity index (χ3v) is 11.4. The van der Waals surface area contributed by atoms with Crippen LogP contribution in [0.4, 0.5) is 15.3 Å². The van der Waals surface area contributed by atoms with E-state index in [1.54, 1.807) is 21.6 Å². The largest absolute Gasteiger partial charge is 0.449 e. The smallest absolute Gasteiger partial charge is 0.407 e. The molecule has 0 saturated carbocycles. The van der Waals surface area contributed by atoms with Crippen molar-refractivity contribution in [1.82, 2.24) is 15.1 Å². The summed E-state index contributed by atoms with van der Waals surface area (Å²) in [6.07, 6.45) is 1.34. The number of fused-ring (bicyclic) bond motifs is 3. The summed E-state index contributed by atoms with van der Waals surface area (Å²) < 4.78 is 11.8. The number of nitrogens with one attached hydrogen (secondary N) is 2. The van der Waals surface area contributed by atoms with E-state index in [1.807, 2.05) is 33.8 Å². The van der Waals surface area contributed by atoms with E-state index in [1.165, 1.54) is 29.2 Å².